The third kappa shape index (κ3) is 4.57. The fraction of sp³-hybridized carbons (Fsp3) is 0. The number of nitrogens with zero attached hydrogens (tertiary/aromatic N) is 1. The zero-order chi connectivity index (χ0) is 18.6. The first-order valence-electron chi connectivity index (χ1n) is 7.71. The van der Waals surface area contributed by atoms with E-state index < -0.39 is 10.0 Å². The van der Waals surface area contributed by atoms with Crippen LogP contribution in [0.5, 0.6) is 0 Å². The molecule has 3 aromatic carbocycles. The molecule has 132 valence electrons. The van der Waals surface area contributed by atoms with Gasteiger partial charge in [-0.2, -0.15) is 5.10 Å². The van der Waals surface area contributed by atoms with E-state index in [9.17, 15) is 8.42 Å². The Balaban J connectivity index is 1.93. The van der Waals surface area contributed by atoms with E-state index in [1.54, 1.807) is 12.1 Å². The average Bonchev–Trinajstić information content (AvgIpc) is 2.64. The minimum absolute atomic E-state index is 0.0585. The number of anilines is 1. The molecule has 0 heterocycles. The summed E-state index contributed by atoms with van der Waals surface area (Å²) in [6.07, 6.45) is 0. The Morgan fingerprint density at radius 2 is 1.42 bits per heavy atom. The van der Waals surface area contributed by atoms with Gasteiger partial charge in [-0.25, -0.2) is 13.6 Å². The Bertz CT molecular complexity index is 1020. The van der Waals surface area contributed by atoms with Gasteiger partial charge in [0, 0.05) is 15.6 Å². The summed E-state index contributed by atoms with van der Waals surface area (Å²) in [7, 11) is -3.71. The summed E-state index contributed by atoms with van der Waals surface area (Å²) in [5.74, 6) is 0. The highest BCUT2D eigenvalue weighted by molar-refractivity contribution is 9.10. The summed E-state index contributed by atoms with van der Waals surface area (Å²) in [5.41, 5.74) is 6.32. The van der Waals surface area contributed by atoms with Crippen molar-refractivity contribution in [2.45, 2.75) is 4.90 Å². The number of hydrogen-bond donors (Lipinski definition) is 2. The summed E-state index contributed by atoms with van der Waals surface area (Å²) in [6.45, 7) is 0. The zero-order valence-electron chi connectivity index (χ0n) is 13.6. The molecule has 0 aliphatic heterocycles. The van der Waals surface area contributed by atoms with Gasteiger partial charge in [0.05, 0.1) is 16.3 Å². The number of nitrogens with two attached hydrogens (primary N) is 1. The first-order chi connectivity index (χ1) is 12.4. The molecule has 5 nitrogen and oxygen atoms in total. The van der Waals surface area contributed by atoms with Crippen LogP contribution in [0.4, 0.5) is 5.69 Å². The lowest BCUT2D eigenvalue weighted by molar-refractivity contribution is 0.598. The smallest absolute Gasteiger partial charge is 0.238 e. The van der Waals surface area contributed by atoms with Crippen molar-refractivity contribution in [1.29, 1.82) is 0 Å². The predicted molar refractivity (Wildman–Crippen MR) is 108 cm³/mol. The highest BCUT2D eigenvalue weighted by atomic mass is 79.9. The highest BCUT2D eigenvalue weighted by Gasteiger charge is 2.08. The Kier molecular flexibility index (Phi) is 5.51. The summed E-state index contributed by atoms with van der Waals surface area (Å²) >= 11 is 3.43. The maximum Gasteiger partial charge on any atom is 0.238 e. The quantitative estimate of drug-likeness (QED) is 0.475. The van der Waals surface area contributed by atoms with Crippen LogP contribution in [0, 0.1) is 0 Å². The Morgan fingerprint density at radius 1 is 0.846 bits per heavy atom. The van der Waals surface area contributed by atoms with Crippen molar-refractivity contribution in [3.63, 3.8) is 0 Å². The van der Waals surface area contributed by atoms with Crippen LogP contribution in [0.15, 0.2) is 93.3 Å². The fourth-order valence-electron chi connectivity index (χ4n) is 2.34. The second-order valence-electron chi connectivity index (χ2n) is 5.51. The molecule has 3 aromatic rings. The third-order valence-electron chi connectivity index (χ3n) is 3.64. The number of hydrogen-bond acceptors (Lipinski definition) is 4. The monoisotopic (exact) mass is 429 g/mol. The molecule has 0 radical (unpaired) electrons. The molecule has 0 bridgehead atoms. The molecule has 0 atom stereocenters. The van der Waals surface area contributed by atoms with Gasteiger partial charge in [-0.05, 0) is 36.4 Å². The van der Waals surface area contributed by atoms with Crippen LogP contribution in [0.3, 0.4) is 0 Å². The lowest BCUT2D eigenvalue weighted by Crippen LogP contribution is -2.12. The minimum Gasteiger partial charge on any atom is -0.278 e. The standard InChI is InChI=1S/C19H16BrN3O2S/c20-16-8-6-15(7-9-16)19(14-4-2-1-3-5-14)23-22-17-10-12-18(13-11-17)26(21,24)25/h1-13,22H,(H2,21,24,25). The molecule has 0 spiro atoms. The number of hydrazone groups is 1. The van der Waals surface area contributed by atoms with Crippen molar-refractivity contribution >= 4 is 37.4 Å². The van der Waals surface area contributed by atoms with Crippen LogP contribution < -0.4 is 10.6 Å². The van der Waals surface area contributed by atoms with Crippen LogP contribution >= 0.6 is 15.9 Å². The van der Waals surface area contributed by atoms with Crippen molar-refractivity contribution in [1.82, 2.24) is 0 Å². The number of benzene rings is 3. The summed E-state index contributed by atoms with van der Waals surface area (Å²) in [4.78, 5) is 0.0585. The molecule has 3 rings (SSSR count). The van der Waals surface area contributed by atoms with Gasteiger partial charge in [-0.1, -0.05) is 58.4 Å². The molecule has 0 saturated heterocycles. The van der Waals surface area contributed by atoms with E-state index in [2.05, 4.69) is 26.5 Å². The first kappa shape index (κ1) is 18.3. The fourth-order valence-corrected chi connectivity index (χ4v) is 3.12. The van der Waals surface area contributed by atoms with E-state index in [0.29, 0.717) is 5.69 Å². The molecule has 0 fully saturated rings. The van der Waals surface area contributed by atoms with Crippen LogP contribution in [0.25, 0.3) is 0 Å². The lowest BCUT2D eigenvalue weighted by atomic mass is 10.0. The van der Waals surface area contributed by atoms with Gasteiger partial charge in [0.25, 0.3) is 0 Å². The van der Waals surface area contributed by atoms with E-state index in [0.717, 1.165) is 21.3 Å². The molecule has 0 aliphatic rings. The van der Waals surface area contributed by atoms with E-state index in [1.165, 1.54) is 12.1 Å². The third-order valence-corrected chi connectivity index (χ3v) is 5.10. The largest absolute Gasteiger partial charge is 0.278 e. The summed E-state index contributed by atoms with van der Waals surface area (Å²) < 4.78 is 23.7. The normalized spacial score (nSPS) is 12.0. The molecular formula is C19H16BrN3O2S. The van der Waals surface area contributed by atoms with Gasteiger partial charge in [-0.15, -0.1) is 0 Å². The zero-order valence-corrected chi connectivity index (χ0v) is 16.0. The SMILES string of the molecule is NS(=O)(=O)c1ccc(NN=C(c2ccccc2)c2ccc(Br)cc2)cc1. The van der Waals surface area contributed by atoms with Gasteiger partial charge < -0.3 is 0 Å². The van der Waals surface area contributed by atoms with Crippen LogP contribution in [0.2, 0.25) is 0 Å². The number of rotatable bonds is 5. The summed E-state index contributed by atoms with van der Waals surface area (Å²) in [5, 5.41) is 9.64. The van der Waals surface area contributed by atoms with Crippen molar-refractivity contribution in [2.75, 3.05) is 5.43 Å². The molecule has 3 N–H and O–H groups in total. The van der Waals surface area contributed by atoms with Gasteiger partial charge >= 0.3 is 0 Å². The molecule has 0 amide bonds. The molecule has 0 aliphatic carbocycles. The van der Waals surface area contributed by atoms with Crippen molar-refractivity contribution in [2.24, 2.45) is 10.2 Å². The van der Waals surface area contributed by atoms with Gasteiger partial charge in [0.1, 0.15) is 0 Å². The maximum atomic E-state index is 11.3. The lowest BCUT2D eigenvalue weighted by Gasteiger charge is -2.09. The highest BCUT2D eigenvalue weighted by Crippen LogP contribution is 2.17. The number of sulfonamides is 1. The van der Waals surface area contributed by atoms with Crippen LogP contribution in [0.1, 0.15) is 11.1 Å². The maximum absolute atomic E-state index is 11.3. The Labute approximate surface area is 160 Å². The van der Waals surface area contributed by atoms with Gasteiger partial charge in [0.15, 0.2) is 0 Å². The van der Waals surface area contributed by atoms with E-state index in [4.69, 9.17) is 5.14 Å². The van der Waals surface area contributed by atoms with E-state index in [-0.39, 0.29) is 4.90 Å². The molecule has 7 heteroatoms. The van der Waals surface area contributed by atoms with Crippen LogP contribution in [-0.2, 0) is 10.0 Å². The number of halogens is 1. The summed E-state index contributed by atoms with van der Waals surface area (Å²) in [6, 6.07) is 23.8. The predicted octanol–water partition coefficient (Wildman–Crippen LogP) is 3.96. The first-order valence-corrected chi connectivity index (χ1v) is 10.1. The topological polar surface area (TPSA) is 84.5 Å². The number of primary sulfonamides is 1. The van der Waals surface area contributed by atoms with E-state index in [1.807, 2.05) is 54.6 Å². The van der Waals surface area contributed by atoms with Crippen molar-refractivity contribution in [3.8, 4) is 0 Å². The molecule has 0 saturated carbocycles. The number of nitrogens with one attached hydrogen (secondary N) is 1. The van der Waals surface area contributed by atoms with Crippen molar-refractivity contribution < 1.29 is 8.42 Å². The molecule has 26 heavy (non-hydrogen) atoms. The average molecular weight is 430 g/mol. The second kappa shape index (κ2) is 7.82. The molecule has 0 unspecified atom stereocenters. The van der Waals surface area contributed by atoms with Gasteiger partial charge in [0.2, 0.25) is 10.0 Å². The Hall–Kier alpha value is -2.48. The minimum atomic E-state index is -3.71. The van der Waals surface area contributed by atoms with Crippen molar-refractivity contribution in [3.05, 3.63) is 94.5 Å². The Morgan fingerprint density at radius 3 is 2.00 bits per heavy atom. The molecule has 0 aromatic heterocycles. The molecular weight excluding hydrogens is 414 g/mol. The van der Waals surface area contributed by atoms with Gasteiger partial charge in [-0.3, -0.25) is 5.43 Å². The van der Waals surface area contributed by atoms with Crippen LogP contribution in [-0.4, -0.2) is 14.1 Å². The second-order valence-corrected chi connectivity index (χ2v) is 7.99. The van der Waals surface area contributed by atoms with E-state index >= 15 is 0 Å².